The van der Waals surface area contributed by atoms with Gasteiger partial charge in [0.05, 0.1) is 26.4 Å². The first-order chi connectivity index (χ1) is 41.6. The number of carbonyl (C=O) groups excluding carboxylic acids is 4. The highest BCUT2D eigenvalue weighted by molar-refractivity contribution is 7.47. The molecule has 87 heavy (non-hydrogen) atoms. The first-order valence-electron chi connectivity index (χ1n) is 35.2. The van der Waals surface area contributed by atoms with Crippen molar-refractivity contribution in [2.24, 2.45) is 23.7 Å². The zero-order valence-corrected chi connectivity index (χ0v) is 58.4. The molecule has 0 aromatic heterocycles. The van der Waals surface area contributed by atoms with E-state index in [2.05, 4.69) is 55.4 Å². The molecule has 0 amide bonds. The van der Waals surface area contributed by atoms with Crippen molar-refractivity contribution in [1.29, 1.82) is 0 Å². The highest BCUT2D eigenvalue weighted by Crippen LogP contribution is 2.45. The molecule has 0 heterocycles. The minimum absolute atomic E-state index is 0.103. The molecule has 0 rings (SSSR count). The lowest BCUT2D eigenvalue weighted by Crippen LogP contribution is -2.30. The summed E-state index contributed by atoms with van der Waals surface area (Å²) in [7, 11) is -9.90. The third kappa shape index (κ3) is 61.3. The second-order valence-corrected chi connectivity index (χ2v) is 29.1. The number of phosphoric acid groups is 2. The second kappa shape index (κ2) is 57.9. The quantitative estimate of drug-likeness (QED) is 0.0222. The van der Waals surface area contributed by atoms with Gasteiger partial charge in [0.25, 0.3) is 0 Å². The van der Waals surface area contributed by atoms with Crippen molar-refractivity contribution in [1.82, 2.24) is 0 Å². The van der Waals surface area contributed by atoms with Crippen molar-refractivity contribution < 1.29 is 80.2 Å². The minimum atomic E-state index is -4.95. The first-order valence-corrected chi connectivity index (χ1v) is 38.2. The lowest BCUT2D eigenvalue weighted by atomic mass is 10.00. The van der Waals surface area contributed by atoms with E-state index in [4.69, 9.17) is 37.0 Å². The Bertz CT molecular complexity index is 1730. The molecule has 0 aliphatic heterocycles. The van der Waals surface area contributed by atoms with Crippen LogP contribution in [0.25, 0.3) is 0 Å². The Labute approximate surface area is 530 Å². The van der Waals surface area contributed by atoms with Gasteiger partial charge in [0.15, 0.2) is 12.2 Å². The SMILES string of the molecule is CCC(C)CCCCCCCCC(=O)OC[C@H](COP(=O)(O)OC[C@H](O)COP(=O)(O)OC[C@@H](COC(=O)CCCCCCCCC(C)C)OC(=O)CCCCCCCCCCC(C)C)OC(=O)CCCCCCCCCCCCCCCCC(C)C. The highest BCUT2D eigenvalue weighted by atomic mass is 31.2. The number of hydrogen-bond acceptors (Lipinski definition) is 15. The number of esters is 4. The van der Waals surface area contributed by atoms with E-state index in [1.54, 1.807) is 0 Å². The van der Waals surface area contributed by atoms with Crippen molar-refractivity contribution >= 4 is 39.5 Å². The molecule has 0 saturated carbocycles. The van der Waals surface area contributed by atoms with E-state index in [0.717, 1.165) is 120 Å². The number of rotatable bonds is 65. The monoisotopic (exact) mass is 1280 g/mol. The highest BCUT2D eigenvalue weighted by Gasteiger charge is 2.30. The molecule has 516 valence electrons. The summed E-state index contributed by atoms with van der Waals surface area (Å²) in [4.78, 5) is 72.4. The predicted molar refractivity (Wildman–Crippen MR) is 349 cm³/mol. The van der Waals surface area contributed by atoms with Gasteiger partial charge < -0.3 is 33.8 Å². The van der Waals surface area contributed by atoms with Crippen LogP contribution in [0.15, 0.2) is 0 Å². The van der Waals surface area contributed by atoms with Crippen LogP contribution >= 0.6 is 15.6 Å². The Morgan fingerprint density at radius 3 is 0.816 bits per heavy atom. The fraction of sp³-hybridized carbons (Fsp3) is 0.941. The number of hydrogen-bond donors (Lipinski definition) is 3. The van der Waals surface area contributed by atoms with Crippen LogP contribution in [-0.4, -0.2) is 96.7 Å². The molecule has 0 saturated heterocycles. The molecule has 3 unspecified atom stereocenters. The van der Waals surface area contributed by atoms with E-state index in [-0.39, 0.29) is 25.7 Å². The van der Waals surface area contributed by atoms with Gasteiger partial charge in [-0.15, -0.1) is 0 Å². The van der Waals surface area contributed by atoms with E-state index in [1.165, 1.54) is 122 Å². The van der Waals surface area contributed by atoms with Gasteiger partial charge in [-0.25, -0.2) is 9.13 Å². The molecule has 0 aromatic carbocycles. The molecule has 0 bridgehead atoms. The summed E-state index contributed by atoms with van der Waals surface area (Å²) < 4.78 is 68.1. The number of aliphatic hydroxyl groups is 1. The molecule has 0 radical (unpaired) electrons. The average Bonchev–Trinajstić information content (AvgIpc) is 3.61. The van der Waals surface area contributed by atoms with Crippen LogP contribution in [0.2, 0.25) is 0 Å². The molecule has 0 aromatic rings. The second-order valence-electron chi connectivity index (χ2n) is 26.2. The maximum absolute atomic E-state index is 13.0. The summed E-state index contributed by atoms with van der Waals surface area (Å²) in [6, 6.07) is 0. The summed E-state index contributed by atoms with van der Waals surface area (Å²) in [5, 5.41) is 10.6. The smallest absolute Gasteiger partial charge is 0.462 e. The van der Waals surface area contributed by atoms with Crippen LogP contribution in [0, 0.1) is 23.7 Å². The summed E-state index contributed by atoms with van der Waals surface area (Å²) in [5.41, 5.74) is 0. The Morgan fingerprint density at radius 2 is 0.552 bits per heavy atom. The zero-order chi connectivity index (χ0) is 64.7. The molecule has 0 aliphatic rings. The van der Waals surface area contributed by atoms with E-state index in [9.17, 15) is 43.2 Å². The van der Waals surface area contributed by atoms with Crippen LogP contribution in [0.4, 0.5) is 0 Å². The minimum Gasteiger partial charge on any atom is -0.462 e. The lowest BCUT2D eigenvalue weighted by Gasteiger charge is -2.21. The maximum Gasteiger partial charge on any atom is 0.472 e. The molecular weight excluding hydrogens is 1150 g/mol. The third-order valence-corrected chi connectivity index (χ3v) is 17.8. The van der Waals surface area contributed by atoms with Crippen LogP contribution < -0.4 is 0 Å². The van der Waals surface area contributed by atoms with E-state index in [0.29, 0.717) is 31.6 Å². The van der Waals surface area contributed by atoms with Gasteiger partial charge in [-0.3, -0.25) is 37.3 Å². The molecule has 6 atom stereocenters. The van der Waals surface area contributed by atoms with Gasteiger partial charge in [-0.05, 0) is 49.4 Å². The fourth-order valence-electron chi connectivity index (χ4n) is 10.1. The van der Waals surface area contributed by atoms with Crippen molar-refractivity contribution in [3.05, 3.63) is 0 Å². The third-order valence-electron chi connectivity index (χ3n) is 15.9. The summed E-state index contributed by atoms with van der Waals surface area (Å²) in [6.07, 6.45) is 39.2. The van der Waals surface area contributed by atoms with Gasteiger partial charge >= 0.3 is 39.5 Å². The number of phosphoric ester groups is 2. The van der Waals surface area contributed by atoms with E-state index in [1.807, 2.05) is 0 Å². The van der Waals surface area contributed by atoms with Gasteiger partial charge in [-0.1, -0.05) is 280 Å². The fourth-order valence-corrected chi connectivity index (χ4v) is 11.7. The zero-order valence-electron chi connectivity index (χ0n) is 56.6. The van der Waals surface area contributed by atoms with Crippen molar-refractivity contribution in [2.75, 3.05) is 39.6 Å². The van der Waals surface area contributed by atoms with E-state index < -0.39 is 97.5 Å². The Kier molecular flexibility index (Phi) is 56.6. The predicted octanol–water partition coefficient (Wildman–Crippen LogP) is 18.9. The molecule has 0 spiro atoms. The molecule has 19 heteroatoms. The summed E-state index contributed by atoms with van der Waals surface area (Å²) >= 11 is 0. The van der Waals surface area contributed by atoms with Crippen molar-refractivity contribution in [3.63, 3.8) is 0 Å². The molecular formula is C68H132O17P2. The number of aliphatic hydroxyl groups excluding tert-OH is 1. The number of ether oxygens (including phenoxy) is 4. The molecule has 0 fully saturated rings. The van der Waals surface area contributed by atoms with Crippen molar-refractivity contribution in [3.8, 4) is 0 Å². The molecule has 0 aliphatic carbocycles. The normalized spacial score (nSPS) is 14.6. The number of carbonyl (C=O) groups is 4. The van der Waals surface area contributed by atoms with Crippen molar-refractivity contribution in [2.45, 2.75) is 350 Å². The Balaban J connectivity index is 5.22. The Morgan fingerprint density at radius 1 is 0.322 bits per heavy atom. The first kappa shape index (κ1) is 85.1. The molecule has 3 N–H and O–H groups in total. The topological polar surface area (TPSA) is 237 Å². The van der Waals surface area contributed by atoms with Gasteiger partial charge in [-0.2, -0.15) is 0 Å². The van der Waals surface area contributed by atoms with Gasteiger partial charge in [0.1, 0.15) is 19.3 Å². The molecule has 17 nitrogen and oxygen atoms in total. The Hall–Kier alpha value is -1.94. The van der Waals surface area contributed by atoms with Crippen LogP contribution in [0.1, 0.15) is 331 Å². The summed E-state index contributed by atoms with van der Waals surface area (Å²) in [5.74, 6) is 0.787. The summed E-state index contributed by atoms with van der Waals surface area (Å²) in [6.45, 7) is 14.0. The van der Waals surface area contributed by atoms with Gasteiger partial charge in [0, 0.05) is 25.7 Å². The van der Waals surface area contributed by atoms with Gasteiger partial charge in [0.2, 0.25) is 0 Å². The average molecular weight is 1280 g/mol. The van der Waals surface area contributed by atoms with Crippen LogP contribution in [0.5, 0.6) is 0 Å². The standard InChI is InChI=1S/C68H132O17P2/c1-9-61(8)47-39-31-25-27-33-41-49-66(71)79-55-64(84-67(72)50-42-34-22-17-15-13-11-10-12-14-16-20-28-36-44-58(2)3)57-83-87(76,77)81-53-62(69)52-80-86(74,75)82-56-63(54-78-65(70)48-40-32-26-24-30-38-46-60(6)7)85-68(73)51-43-35-23-19-18-21-29-37-45-59(4)5/h58-64,69H,9-57H2,1-8H3,(H,74,75)(H,76,77)/t61?,62-,63-,64-/m1/s1. The largest absolute Gasteiger partial charge is 0.472 e. The van der Waals surface area contributed by atoms with Crippen LogP contribution in [0.3, 0.4) is 0 Å². The van der Waals surface area contributed by atoms with Crippen LogP contribution in [-0.2, 0) is 65.4 Å². The maximum atomic E-state index is 13.0. The lowest BCUT2D eigenvalue weighted by molar-refractivity contribution is -0.161. The van der Waals surface area contributed by atoms with E-state index >= 15 is 0 Å². The number of unbranched alkanes of at least 4 members (excludes halogenated alkanes) is 30.